The van der Waals surface area contributed by atoms with Gasteiger partial charge in [-0.25, -0.2) is 0 Å². The first-order chi connectivity index (χ1) is 13.1. The van der Waals surface area contributed by atoms with Gasteiger partial charge in [0.2, 0.25) is 0 Å². The van der Waals surface area contributed by atoms with Crippen LogP contribution in [0.15, 0.2) is 48.5 Å². The van der Waals surface area contributed by atoms with Crippen molar-refractivity contribution in [2.75, 3.05) is 40.3 Å². The van der Waals surface area contributed by atoms with E-state index in [0.29, 0.717) is 23.8 Å². The Balaban J connectivity index is 1.85. The molecule has 2 aromatic carbocycles. The van der Waals surface area contributed by atoms with Crippen molar-refractivity contribution < 1.29 is 9.53 Å². The van der Waals surface area contributed by atoms with Crippen molar-refractivity contribution in [2.24, 2.45) is 0 Å². The van der Waals surface area contributed by atoms with Crippen LogP contribution in [-0.4, -0.2) is 60.6 Å². The first kappa shape index (κ1) is 17.9. The summed E-state index contributed by atoms with van der Waals surface area (Å²) in [5.74, 6) is 0.735. The van der Waals surface area contributed by atoms with Crippen LogP contribution in [0.2, 0.25) is 5.15 Å². The summed E-state index contributed by atoms with van der Waals surface area (Å²) in [4.78, 5) is 17.4. The number of piperazine rings is 1. The van der Waals surface area contributed by atoms with Crippen LogP contribution in [0.5, 0.6) is 5.75 Å². The van der Waals surface area contributed by atoms with Crippen LogP contribution in [0, 0.1) is 0 Å². The topological polar surface area (TPSA) is 37.7 Å². The Kier molecular flexibility index (Phi) is 4.81. The fourth-order valence-electron chi connectivity index (χ4n) is 3.58. The number of nitrogens with zero attached hydrogens (tertiary/aromatic N) is 3. The molecule has 0 aliphatic carbocycles. The summed E-state index contributed by atoms with van der Waals surface area (Å²) in [5.41, 5.74) is 2.35. The van der Waals surface area contributed by atoms with Gasteiger partial charge in [0, 0.05) is 37.6 Å². The lowest BCUT2D eigenvalue weighted by atomic mass is 10.1. The summed E-state index contributed by atoms with van der Waals surface area (Å²) < 4.78 is 7.27. The summed E-state index contributed by atoms with van der Waals surface area (Å²) in [6, 6.07) is 15.5. The summed E-state index contributed by atoms with van der Waals surface area (Å²) in [6.45, 7) is 3.17. The van der Waals surface area contributed by atoms with Gasteiger partial charge in [-0.05, 0) is 25.2 Å². The molecule has 0 saturated carbocycles. The van der Waals surface area contributed by atoms with Gasteiger partial charge in [0.15, 0.2) is 0 Å². The monoisotopic (exact) mass is 383 g/mol. The molecule has 6 heteroatoms. The SMILES string of the molecule is COc1cccc(-n2c(Cl)c(C(=O)N3CCN(C)CC3)c3ccccc32)c1. The molecule has 2 heterocycles. The Bertz CT molecular complexity index is 990. The highest BCUT2D eigenvalue weighted by Gasteiger charge is 2.27. The highest BCUT2D eigenvalue weighted by molar-refractivity contribution is 6.36. The first-order valence-corrected chi connectivity index (χ1v) is 9.39. The van der Waals surface area contributed by atoms with Crippen LogP contribution in [0.4, 0.5) is 0 Å². The lowest BCUT2D eigenvalue weighted by Gasteiger charge is -2.32. The second-order valence-electron chi connectivity index (χ2n) is 6.82. The third-order valence-corrected chi connectivity index (χ3v) is 5.49. The van der Waals surface area contributed by atoms with E-state index < -0.39 is 0 Å². The predicted octanol–water partition coefficient (Wildman–Crippen LogP) is 3.68. The Labute approximate surface area is 163 Å². The number of para-hydroxylation sites is 1. The van der Waals surface area contributed by atoms with E-state index in [1.165, 1.54) is 0 Å². The third-order valence-electron chi connectivity index (χ3n) is 5.13. The number of halogens is 1. The molecular weight excluding hydrogens is 362 g/mol. The van der Waals surface area contributed by atoms with Gasteiger partial charge < -0.3 is 14.5 Å². The molecule has 1 amide bonds. The number of benzene rings is 2. The molecule has 0 spiro atoms. The Morgan fingerprint density at radius 2 is 1.78 bits per heavy atom. The zero-order valence-electron chi connectivity index (χ0n) is 15.5. The smallest absolute Gasteiger partial charge is 0.257 e. The van der Waals surface area contributed by atoms with E-state index in [-0.39, 0.29) is 5.91 Å². The minimum Gasteiger partial charge on any atom is -0.497 e. The van der Waals surface area contributed by atoms with Gasteiger partial charge in [-0.2, -0.15) is 0 Å². The number of hydrogen-bond acceptors (Lipinski definition) is 3. The number of carbonyl (C=O) groups is 1. The molecule has 4 rings (SSSR count). The fraction of sp³-hybridized carbons (Fsp3) is 0.286. The van der Waals surface area contributed by atoms with E-state index >= 15 is 0 Å². The van der Waals surface area contributed by atoms with Crippen molar-refractivity contribution in [3.8, 4) is 11.4 Å². The molecule has 1 fully saturated rings. The molecule has 0 unspecified atom stereocenters. The van der Waals surface area contributed by atoms with Crippen molar-refractivity contribution in [2.45, 2.75) is 0 Å². The standard InChI is InChI=1S/C21H22ClN3O2/c1-23-10-12-24(13-11-23)21(26)19-17-8-3-4-9-18(17)25(20(19)22)15-6-5-7-16(14-15)27-2/h3-9,14H,10-13H2,1-2H3. The number of fused-ring (bicyclic) bond motifs is 1. The highest BCUT2D eigenvalue weighted by Crippen LogP contribution is 2.34. The number of ether oxygens (including phenoxy) is 1. The van der Waals surface area contributed by atoms with E-state index in [0.717, 1.165) is 35.4 Å². The number of hydrogen-bond donors (Lipinski definition) is 0. The van der Waals surface area contributed by atoms with Crippen LogP contribution in [0.1, 0.15) is 10.4 Å². The molecule has 3 aromatic rings. The van der Waals surface area contributed by atoms with E-state index in [9.17, 15) is 4.79 Å². The van der Waals surface area contributed by atoms with Crippen LogP contribution < -0.4 is 4.74 Å². The predicted molar refractivity (Wildman–Crippen MR) is 108 cm³/mol. The maximum Gasteiger partial charge on any atom is 0.257 e. The van der Waals surface area contributed by atoms with Gasteiger partial charge in [-0.1, -0.05) is 35.9 Å². The lowest BCUT2D eigenvalue weighted by Crippen LogP contribution is -2.47. The average Bonchev–Trinajstić information content (AvgIpc) is 3.00. The van der Waals surface area contributed by atoms with Gasteiger partial charge >= 0.3 is 0 Å². The number of methoxy groups -OCH3 is 1. The summed E-state index contributed by atoms with van der Waals surface area (Å²) in [7, 11) is 3.71. The third kappa shape index (κ3) is 3.17. The van der Waals surface area contributed by atoms with Crippen LogP contribution in [0.25, 0.3) is 16.6 Å². The molecule has 1 saturated heterocycles. The van der Waals surface area contributed by atoms with Gasteiger partial charge in [0.25, 0.3) is 5.91 Å². The van der Waals surface area contributed by atoms with Crippen molar-refractivity contribution in [3.05, 3.63) is 59.2 Å². The number of rotatable bonds is 3. The second-order valence-corrected chi connectivity index (χ2v) is 7.17. The Morgan fingerprint density at radius 3 is 2.52 bits per heavy atom. The molecule has 1 aliphatic rings. The minimum atomic E-state index is -0.00838. The second kappa shape index (κ2) is 7.25. The maximum atomic E-state index is 13.3. The molecular formula is C21H22ClN3O2. The summed E-state index contributed by atoms with van der Waals surface area (Å²) in [5, 5.41) is 1.31. The van der Waals surface area contributed by atoms with Gasteiger partial charge in [0.05, 0.1) is 23.9 Å². The first-order valence-electron chi connectivity index (χ1n) is 9.01. The van der Waals surface area contributed by atoms with Crippen molar-refractivity contribution in [1.29, 1.82) is 0 Å². The molecule has 5 nitrogen and oxygen atoms in total. The van der Waals surface area contributed by atoms with Crippen LogP contribution in [0.3, 0.4) is 0 Å². The normalized spacial score (nSPS) is 15.3. The molecule has 1 aromatic heterocycles. The maximum absolute atomic E-state index is 13.3. The minimum absolute atomic E-state index is 0.00838. The molecule has 140 valence electrons. The van der Waals surface area contributed by atoms with Crippen LogP contribution in [-0.2, 0) is 0 Å². The molecule has 27 heavy (non-hydrogen) atoms. The quantitative estimate of drug-likeness (QED) is 0.692. The summed E-state index contributed by atoms with van der Waals surface area (Å²) in [6.07, 6.45) is 0. The number of carbonyl (C=O) groups excluding carboxylic acids is 1. The van der Waals surface area contributed by atoms with E-state index in [1.807, 2.05) is 58.0 Å². The average molecular weight is 384 g/mol. The lowest BCUT2D eigenvalue weighted by molar-refractivity contribution is 0.0666. The number of amides is 1. The van der Waals surface area contributed by atoms with E-state index in [1.54, 1.807) is 7.11 Å². The largest absolute Gasteiger partial charge is 0.497 e. The Hall–Kier alpha value is -2.50. The summed E-state index contributed by atoms with van der Waals surface area (Å²) >= 11 is 6.79. The van der Waals surface area contributed by atoms with Crippen molar-refractivity contribution >= 4 is 28.4 Å². The number of aromatic nitrogens is 1. The van der Waals surface area contributed by atoms with Gasteiger partial charge in [0.1, 0.15) is 10.9 Å². The molecule has 0 N–H and O–H groups in total. The highest BCUT2D eigenvalue weighted by atomic mass is 35.5. The zero-order valence-corrected chi connectivity index (χ0v) is 16.2. The van der Waals surface area contributed by atoms with Gasteiger partial charge in [-0.15, -0.1) is 0 Å². The fourth-order valence-corrected chi connectivity index (χ4v) is 3.95. The molecule has 1 aliphatic heterocycles. The molecule has 0 atom stereocenters. The van der Waals surface area contributed by atoms with Crippen molar-refractivity contribution in [1.82, 2.24) is 14.4 Å². The Morgan fingerprint density at radius 1 is 1.04 bits per heavy atom. The zero-order chi connectivity index (χ0) is 19.0. The number of likely N-dealkylation sites (N-methyl/N-ethyl adjacent to an activating group) is 1. The molecule has 0 radical (unpaired) electrons. The van der Waals surface area contributed by atoms with Crippen LogP contribution >= 0.6 is 11.6 Å². The van der Waals surface area contributed by atoms with Gasteiger partial charge in [-0.3, -0.25) is 9.36 Å². The molecule has 0 bridgehead atoms. The van der Waals surface area contributed by atoms with E-state index in [4.69, 9.17) is 16.3 Å². The van der Waals surface area contributed by atoms with E-state index in [2.05, 4.69) is 11.9 Å². The van der Waals surface area contributed by atoms with Crippen molar-refractivity contribution in [3.63, 3.8) is 0 Å².